The summed E-state index contributed by atoms with van der Waals surface area (Å²) in [4.78, 5) is 20.2. The quantitative estimate of drug-likeness (QED) is 0.483. The molecule has 162 valence electrons. The van der Waals surface area contributed by atoms with Gasteiger partial charge in [-0.3, -0.25) is 4.79 Å². The first-order valence-corrected chi connectivity index (χ1v) is 10.3. The molecule has 1 aliphatic heterocycles. The summed E-state index contributed by atoms with van der Waals surface area (Å²) in [5.41, 5.74) is 5.26. The molecule has 0 unspecified atom stereocenters. The Hall–Kier alpha value is -3.81. The van der Waals surface area contributed by atoms with Gasteiger partial charge in [-0.05, 0) is 49.2 Å². The van der Waals surface area contributed by atoms with E-state index >= 15 is 0 Å². The fraction of sp³-hybridized carbons (Fsp3) is 0.208. The SMILES string of the molecule is Cc1cc(F)c(F)c2c1cc(C)n2CCNc1cc(-c2ccc3c(c2)CC(=O)N3)ncn1. The number of aromatic nitrogens is 3. The highest BCUT2D eigenvalue weighted by Gasteiger charge is 2.19. The zero-order valence-corrected chi connectivity index (χ0v) is 17.7. The van der Waals surface area contributed by atoms with Crippen molar-refractivity contribution in [2.45, 2.75) is 26.8 Å². The second-order valence-electron chi connectivity index (χ2n) is 8.00. The van der Waals surface area contributed by atoms with Crippen LogP contribution in [0.25, 0.3) is 22.2 Å². The molecule has 1 aliphatic rings. The summed E-state index contributed by atoms with van der Waals surface area (Å²) in [5, 5.41) is 6.78. The van der Waals surface area contributed by atoms with Crippen molar-refractivity contribution < 1.29 is 13.6 Å². The van der Waals surface area contributed by atoms with Gasteiger partial charge in [0.1, 0.15) is 12.1 Å². The minimum atomic E-state index is -0.839. The second kappa shape index (κ2) is 7.71. The van der Waals surface area contributed by atoms with Crippen LogP contribution in [-0.2, 0) is 17.8 Å². The standard InChI is InChI=1S/C24H21F2N5O/c1-13-7-18(25)23(26)24-17(13)8-14(2)31(24)6-5-27-21-11-20(28-12-29-21)15-3-4-19-16(9-15)10-22(32)30-19/h3-4,7-9,11-12H,5-6,10H2,1-2H3,(H,30,32)(H,27,28,29). The van der Waals surface area contributed by atoms with Gasteiger partial charge in [-0.25, -0.2) is 18.7 Å². The van der Waals surface area contributed by atoms with Crippen molar-refractivity contribution in [1.29, 1.82) is 0 Å². The van der Waals surface area contributed by atoms with Crippen LogP contribution in [0.2, 0.25) is 0 Å². The predicted molar refractivity (Wildman–Crippen MR) is 120 cm³/mol. The fourth-order valence-corrected chi connectivity index (χ4v) is 4.24. The van der Waals surface area contributed by atoms with E-state index in [0.29, 0.717) is 30.9 Å². The van der Waals surface area contributed by atoms with Crippen LogP contribution in [-0.4, -0.2) is 27.0 Å². The number of benzene rings is 2. The summed E-state index contributed by atoms with van der Waals surface area (Å²) in [6.07, 6.45) is 1.84. The molecule has 0 fully saturated rings. The Balaban J connectivity index is 1.35. The highest BCUT2D eigenvalue weighted by atomic mass is 19.2. The molecule has 4 aromatic rings. The maximum absolute atomic E-state index is 14.5. The number of anilines is 2. The van der Waals surface area contributed by atoms with Crippen molar-refractivity contribution in [1.82, 2.24) is 14.5 Å². The Bertz CT molecular complexity index is 1380. The van der Waals surface area contributed by atoms with Gasteiger partial charge in [0.15, 0.2) is 11.6 Å². The zero-order valence-electron chi connectivity index (χ0n) is 17.7. The van der Waals surface area contributed by atoms with Crippen LogP contribution in [0, 0.1) is 25.5 Å². The third-order valence-corrected chi connectivity index (χ3v) is 5.82. The molecule has 5 rings (SSSR count). The van der Waals surface area contributed by atoms with Crippen molar-refractivity contribution >= 4 is 28.3 Å². The second-order valence-corrected chi connectivity index (χ2v) is 8.00. The summed E-state index contributed by atoms with van der Waals surface area (Å²) in [6, 6.07) is 10.7. The van der Waals surface area contributed by atoms with Gasteiger partial charge >= 0.3 is 0 Å². The van der Waals surface area contributed by atoms with Gasteiger partial charge in [-0.1, -0.05) is 6.07 Å². The van der Waals surface area contributed by atoms with Gasteiger partial charge in [0.2, 0.25) is 5.91 Å². The number of fused-ring (bicyclic) bond motifs is 2. The lowest BCUT2D eigenvalue weighted by atomic mass is 10.1. The van der Waals surface area contributed by atoms with Gasteiger partial charge in [-0.15, -0.1) is 0 Å². The Labute approximate surface area is 183 Å². The van der Waals surface area contributed by atoms with E-state index in [9.17, 15) is 13.6 Å². The molecule has 2 aromatic carbocycles. The first kappa shape index (κ1) is 20.1. The van der Waals surface area contributed by atoms with Crippen molar-refractivity contribution in [2.75, 3.05) is 17.2 Å². The summed E-state index contributed by atoms with van der Waals surface area (Å²) in [5.74, 6) is -1.05. The normalized spacial score (nSPS) is 12.8. The van der Waals surface area contributed by atoms with Crippen LogP contribution in [0.1, 0.15) is 16.8 Å². The van der Waals surface area contributed by atoms with Crippen LogP contribution in [0.4, 0.5) is 20.3 Å². The van der Waals surface area contributed by atoms with Crippen molar-refractivity contribution in [3.05, 3.63) is 71.2 Å². The number of amides is 1. The van der Waals surface area contributed by atoms with E-state index in [4.69, 9.17) is 0 Å². The summed E-state index contributed by atoms with van der Waals surface area (Å²) in [7, 11) is 0. The lowest BCUT2D eigenvalue weighted by Crippen LogP contribution is -2.13. The molecular weight excluding hydrogens is 412 g/mol. The van der Waals surface area contributed by atoms with E-state index in [0.717, 1.165) is 33.6 Å². The Kier molecular flexibility index (Phi) is 4.84. The third-order valence-electron chi connectivity index (χ3n) is 5.82. The molecular formula is C24H21F2N5O. The monoisotopic (exact) mass is 433 g/mol. The van der Waals surface area contributed by atoms with Crippen LogP contribution >= 0.6 is 0 Å². The molecule has 0 radical (unpaired) electrons. The topological polar surface area (TPSA) is 71.8 Å². The van der Waals surface area contributed by atoms with E-state index in [1.54, 1.807) is 11.5 Å². The molecule has 32 heavy (non-hydrogen) atoms. The van der Waals surface area contributed by atoms with Crippen molar-refractivity contribution in [3.8, 4) is 11.3 Å². The molecule has 0 aliphatic carbocycles. The Morgan fingerprint density at radius 3 is 2.81 bits per heavy atom. The first-order valence-electron chi connectivity index (χ1n) is 10.3. The van der Waals surface area contributed by atoms with E-state index in [1.165, 1.54) is 12.4 Å². The van der Waals surface area contributed by atoms with Gasteiger partial charge in [-0.2, -0.15) is 0 Å². The average Bonchev–Trinajstić information content (AvgIpc) is 3.31. The third kappa shape index (κ3) is 3.47. The summed E-state index contributed by atoms with van der Waals surface area (Å²) in [6.45, 7) is 4.58. The fourth-order valence-electron chi connectivity index (χ4n) is 4.24. The lowest BCUT2D eigenvalue weighted by Gasteiger charge is -2.12. The van der Waals surface area contributed by atoms with E-state index in [-0.39, 0.29) is 11.4 Å². The van der Waals surface area contributed by atoms with Gasteiger partial charge in [0, 0.05) is 41.5 Å². The number of carbonyl (C=O) groups is 1. The number of hydrogen-bond acceptors (Lipinski definition) is 4. The maximum atomic E-state index is 14.5. The van der Waals surface area contributed by atoms with Crippen LogP contribution < -0.4 is 10.6 Å². The molecule has 0 atom stereocenters. The number of nitrogens with one attached hydrogen (secondary N) is 2. The molecule has 6 nitrogen and oxygen atoms in total. The molecule has 0 saturated heterocycles. The number of carbonyl (C=O) groups excluding carboxylic acids is 1. The summed E-state index contributed by atoms with van der Waals surface area (Å²) >= 11 is 0. The molecule has 8 heteroatoms. The van der Waals surface area contributed by atoms with Crippen molar-refractivity contribution in [3.63, 3.8) is 0 Å². The number of hydrogen-bond donors (Lipinski definition) is 2. The molecule has 3 heterocycles. The van der Waals surface area contributed by atoms with E-state index in [1.807, 2.05) is 37.3 Å². The molecule has 0 bridgehead atoms. The smallest absolute Gasteiger partial charge is 0.228 e. The number of nitrogens with zero attached hydrogens (tertiary/aromatic N) is 3. The zero-order chi connectivity index (χ0) is 22.4. The predicted octanol–water partition coefficient (Wildman–Crippen LogP) is 4.60. The summed E-state index contributed by atoms with van der Waals surface area (Å²) < 4.78 is 30.2. The van der Waals surface area contributed by atoms with Crippen LogP contribution in [0.3, 0.4) is 0 Å². The number of aryl methyl sites for hydroxylation is 2. The van der Waals surface area contributed by atoms with E-state index < -0.39 is 11.6 Å². The Morgan fingerprint density at radius 1 is 1.12 bits per heavy atom. The Morgan fingerprint density at radius 2 is 1.97 bits per heavy atom. The maximum Gasteiger partial charge on any atom is 0.228 e. The van der Waals surface area contributed by atoms with Gasteiger partial charge in [0.05, 0.1) is 17.6 Å². The van der Waals surface area contributed by atoms with Gasteiger partial charge in [0.25, 0.3) is 0 Å². The molecule has 0 spiro atoms. The van der Waals surface area contributed by atoms with Crippen LogP contribution in [0.5, 0.6) is 0 Å². The molecule has 0 saturated carbocycles. The molecule has 2 aromatic heterocycles. The van der Waals surface area contributed by atoms with Gasteiger partial charge < -0.3 is 15.2 Å². The van der Waals surface area contributed by atoms with Crippen molar-refractivity contribution in [2.24, 2.45) is 0 Å². The highest BCUT2D eigenvalue weighted by molar-refractivity contribution is 5.99. The molecule has 2 N–H and O–H groups in total. The highest BCUT2D eigenvalue weighted by Crippen LogP contribution is 2.29. The number of rotatable bonds is 5. The first-order chi connectivity index (χ1) is 15.4. The molecule has 1 amide bonds. The minimum absolute atomic E-state index is 0.0125. The van der Waals surface area contributed by atoms with E-state index in [2.05, 4.69) is 20.6 Å². The minimum Gasteiger partial charge on any atom is -0.368 e. The number of halogens is 2. The average molecular weight is 433 g/mol. The van der Waals surface area contributed by atoms with Crippen LogP contribution in [0.15, 0.2) is 42.7 Å². The largest absolute Gasteiger partial charge is 0.368 e. The lowest BCUT2D eigenvalue weighted by molar-refractivity contribution is -0.115.